The standard InChI is InChI=1S/C56H39N3/c1-37-16-8-12-24-46(37)49-35-45(31-30-44(49)33-38-28-29-39-17-9-10-22-42(39)32-38)59-53-27-15-14-26-48(53)50-34-43-23-11-13-25-47(43)54(55(50)59)56-57-51(40-18-4-2-5-19-40)36-52(58-56)41-20-6-3-7-21-41/h2-32,34-36H,33H2,1H3. The largest absolute Gasteiger partial charge is 0.308 e. The highest BCUT2D eigenvalue weighted by Gasteiger charge is 2.23. The van der Waals surface area contributed by atoms with E-state index < -0.39 is 0 Å². The van der Waals surface area contributed by atoms with Crippen LogP contribution in [0.5, 0.6) is 0 Å². The van der Waals surface area contributed by atoms with Crippen molar-refractivity contribution in [1.82, 2.24) is 14.5 Å². The number of hydrogen-bond donors (Lipinski definition) is 0. The summed E-state index contributed by atoms with van der Waals surface area (Å²) in [6.45, 7) is 2.22. The summed E-state index contributed by atoms with van der Waals surface area (Å²) in [7, 11) is 0. The van der Waals surface area contributed by atoms with E-state index in [0.717, 1.165) is 62.0 Å². The maximum absolute atomic E-state index is 5.44. The second kappa shape index (κ2) is 14.4. The Morgan fingerprint density at radius 1 is 0.441 bits per heavy atom. The summed E-state index contributed by atoms with van der Waals surface area (Å²) in [6.07, 6.45) is 0.820. The molecule has 0 fully saturated rings. The van der Waals surface area contributed by atoms with Gasteiger partial charge >= 0.3 is 0 Å². The molecule has 0 spiro atoms. The Labute approximate surface area is 343 Å². The summed E-state index contributed by atoms with van der Waals surface area (Å²) in [5.41, 5.74) is 14.5. The molecule has 0 N–H and O–H groups in total. The Morgan fingerprint density at radius 2 is 1.07 bits per heavy atom. The predicted octanol–water partition coefficient (Wildman–Crippen LogP) is 14.4. The summed E-state index contributed by atoms with van der Waals surface area (Å²) in [4.78, 5) is 10.9. The average Bonchev–Trinajstić information content (AvgIpc) is 3.62. The number of hydrogen-bond acceptors (Lipinski definition) is 2. The Hall–Kier alpha value is -7.62. The van der Waals surface area contributed by atoms with E-state index in [4.69, 9.17) is 9.97 Å². The third-order valence-electron chi connectivity index (χ3n) is 11.8. The topological polar surface area (TPSA) is 30.7 Å². The molecule has 11 aromatic rings. The van der Waals surface area contributed by atoms with Gasteiger partial charge in [0.25, 0.3) is 0 Å². The summed E-state index contributed by atoms with van der Waals surface area (Å²) in [5, 5.41) is 7.14. The summed E-state index contributed by atoms with van der Waals surface area (Å²) in [5.74, 6) is 0.697. The lowest BCUT2D eigenvalue weighted by Crippen LogP contribution is -2.02. The fourth-order valence-electron chi connectivity index (χ4n) is 8.91. The molecule has 0 aliphatic rings. The van der Waals surface area contributed by atoms with Gasteiger partial charge in [-0.1, -0.05) is 176 Å². The van der Waals surface area contributed by atoms with Crippen LogP contribution in [-0.2, 0) is 6.42 Å². The van der Waals surface area contributed by atoms with Crippen LogP contribution >= 0.6 is 0 Å². The molecular formula is C56H39N3. The third kappa shape index (κ3) is 6.16. The Morgan fingerprint density at radius 3 is 1.81 bits per heavy atom. The second-order valence-corrected chi connectivity index (χ2v) is 15.4. The number of rotatable bonds is 7. The highest BCUT2D eigenvalue weighted by molar-refractivity contribution is 6.20. The monoisotopic (exact) mass is 753 g/mol. The molecular weight excluding hydrogens is 715 g/mol. The van der Waals surface area contributed by atoms with E-state index >= 15 is 0 Å². The Kier molecular flexibility index (Phi) is 8.45. The smallest absolute Gasteiger partial charge is 0.163 e. The molecule has 59 heavy (non-hydrogen) atoms. The highest BCUT2D eigenvalue weighted by atomic mass is 15.0. The molecule has 0 saturated carbocycles. The molecule has 9 aromatic carbocycles. The quantitative estimate of drug-likeness (QED) is 0.162. The molecule has 0 amide bonds. The molecule has 3 heteroatoms. The van der Waals surface area contributed by atoms with E-state index in [9.17, 15) is 0 Å². The maximum atomic E-state index is 5.44. The molecule has 0 aliphatic heterocycles. The number of fused-ring (bicyclic) bond motifs is 5. The molecule has 0 saturated heterocycles. The molecule has 3 nitrogen and oxygen atoms in total. The van der Waals surface area contributed by atoms with Gasteiger partial charge in [-0.2, -0.15) is 0 Å². The van der Waals surface area contributed by atoms with E-state index in [1.165, 1.54) is 49.4 Å². The van der Waals surface area contributed by atoms with Crippen LogP contribution in [0, 0.1) is 6.92 Å². The van der Waals surface area contributed by atoms with Crippen molar-refractivity contribution in [2.24, 2.45) is 0 Å². The summed E-state index contributed by atoms with van der Waals surface area (Å²) in [6, 6.07) is 74.1. The lowest BCUT2D eigenvalue weighted by atomic mass is 9.91. The van der Waals surface area contributed by atoms with Crippen molar-refractivity contribution in [3.05, 3.63) is 223 Å². The first-order valence-electron chi connectivity index (χ1n) is 20.3. The van der Waals surface area contributed by atoms with Crippen LogP contribution in [0.2, 0.25) is 0 Å². The van der Waals surface area contributed by atoms with Crippen LogP contribution in [-0.4, -0.2) is 14.5 Å². The van der Waals surface area contributed by atoms with Gasteiger partial charge in [0.1, 0.15) is 0 Å². The van der Waals surface area contributed by atoms with E-state index in [1.54, 1.807) is 0 Å². The van der Waals surface area contributed by atoms with Crippen molar-refractivity contribution in [1.29, 1.82) is 0 Å². The minimum atomic E-state index is 0.697. The fourth-order valence-corrected chi connectivity index (χ4v) is 8.91. The van der Waals surface area contributed by atoms with Crippen LogP contribution < -0.4 is 0 Å². The maximum Gasteiger partial charge on any atom is 0.163 e. The van der Waals surface area contributed by atoms with Crippen molar-refractivity contribution < 1.29 is 0 Å². The van der Waals surface area contributed by atoms with Gasteiger partial charge in [-0.25, -0.2) is 9.97 Å². The molecule has 0 radical (unpaired) electrons. The molecule has 0 atom stereocenters. The first kappa shape index (κ1) is 34.6. The van der Waals surface area contributed by atoms with Crippen molar-refractivity contribution in [2.45, 2.75) is 13.3 Å². The molecule has 278 valence electrons. The van der Waals surface area contributed by atoms with Crippen LogP contribution in [0.4, 0.5) is 0 Å². The molecule has 2 aromatic heterocycles. The van der Waals surface area contributed by atoms with E-state index in [2.05, 4.69) is 218 Å². The minimum absolute atomic E-state index is 0.697. The van der Waals surface area contributed by atoms with Crippen LogP contribution in [0.15, 0.2) is 206 Å². The van der Waals surface area contributed by atoms with Crippen molar-refractivity contribution in [2.75, 3.05) is 0 Å². The SMILES string of the molecule is Cc1ccccc1-c1cc(-n2c3ccccc3c3cc4ccccc4c(-c4nc(-c5ccccc5)cc(-c5ccccc5)n4)c32)ccc1Cc1ccc2ccccc2c1. The van der Waals surface area contributed by atoms with Gasteiger partial charge in [0, 0.05) is 27.6 Å². The summed E-state index contributed by atoms with van der Waals surface area (Å²) >= 11 is 0. The minimum Gasteiger partial charge on any atom is -0.308 e. The van der Waals surface area contributed by atoms with E-state index in [-0.39, 0.29) is 0 Å². The van der Waals surface area contributed by atoms with Gasteiger partial charge in [-0.05, 0) is 93.0 Å². The fraction of sp³-hybridized carbons (Fsp3) is 0.0357. The first-order valence-corrected chi connectivity index (χ1v) is 20.3. The molecule has 0 bridgehead atoms. The third-order valence-corrected chi connectivity index (χ3v) is 11.8. The lowest BCUT2D eigenvalue weighted by Gasteiger charge is -2.18. The Bertz CT molecular complexity index is 3300. The first-order chi connectivity index (χ1) is 29.2. The zero-order valence-electron chi connectivity index (χ0n) is 32.7. The lowest BCUT2D eigenvalue weighted by molar-refractivity contribution is 1.14. The molecule has 0 unspecified atom stereocenters. The average molecular weight is 754 g/mol. The van der Waals surface area contributed by atoms with Gasteiger partial charge < -0.3 is 4.57 Å². The zero-order valence-corrected chi connectivity index (χ0v) is 32.7. The normalized spacial score (nSPS) is 11.5. The van der Waals surface area contributed by atoms with Gasteiger partial charge in [0.15, 0.2) is 5.82 Å². The van der Waals surface area contributed by atoms with E-state index in [1.807, 2.05) is 0 Å². The number of nitrogens with zero attached hydrogens (tertiary/aromatic N) is 3. The van der Waals surface area contributed by atoms with Gasteiger partial charge in [0.2, 0.25) is 0 Å². The van der Waals surface area contributed by atoms with Gasteiger partial charge in [-0.15, -0.1) is 0 Å². The predicted molar refractivity (Wildman–Crippen MR) is 247 cm³/mol. The molecule has 0 aliphatic carbocycles. The van der Waals surface area contributed by atoms with Crippen LogP contribution in [0.25, 0.3) is 94.1 Å². The molecule has 11 rings (SSSR count). The number of para-hydroxylation sites is 1. The van der Waals surface area contributed by atoms with Crippen molar-refractivity contribution >= 4 is 43.4 Å². The summed E-state index contributed by atoms with van der Waals surface area (Å²) < 4.78 is 2.45. The number of aryl methyl sites for hydroxylation is 1. The number of aromatic nitrogens is 3. The van der Waals surface area contributed by atoms with Gasteiger partial charge in [0.05, 0.1) is 28.0 Å². The Balaban J connectivity index is 1.21. The van der Waals surface area contributed by atoms with Crippen LogP contribution in [0.1, 0.15) is 16.7 Å². The van der Waals surface area contributed by atoms with Crippen molar-refractivity contribution in [3.63, 3.8) is 0 Å². The van der Waals surface area contributed by atoms with Crippen molar-refractivity contribution in [3.8, 4) is 50.7 Å². The number of benzene rings is 9. The second-order valence-electron chi connectivity index (χ2n) is 15.4. The van der Waals surface area contributed by atoms with E-state index in [0.29, 0.717) is 5.82 Å². The zero-order chi connectivity index (χ0) is 39.3. The van der Waals surface area contributed by atoms with Gasteiger partial charge in [-0.3, -0.25) is 0 Å². The van der Waals surface area contributed by atoms with Crippen LogP contribution in [0.3, 0.4) is 0 Å². The molecule has 2 heterocycles. The highest BCUT2D eigenvalue weighted by Crippen LogP contribution is 2.43.